The number of rotatable bonds is 3. The van der Waals surface area contributed by atoms with Crippen LogP contribution in [0.4, 0.5) is 0 Å². The summed E-state index contributed by atoms with van der Waals surface area (Å²) in [5.74, 6) is -1.31. The van der Waals surface area contributed by atoms with Gasteiger partial charge in [-0.25, -0.2) is 9.59 Å². The molecular formula is C6H11NO4. The van der Waals surface area contributed by atoms with Crippen molar-refractivity contribution in [2.24, 2.45) is 0 Å². The maximum absolute atomic E-state index is 10.8. The maximum atomic E-state index is 10.8. The number of esters is 2. The minimum atomic E-state index is -1.02. The molecule has 0 aliphatic heterocycles. The van der Waals surface area contributed by atoms with Crippen LogP contribution in [0.15, 0.2) is 0 Å². The smallest absolute Gasteiger partial charge is 0.334 e. The molecule has 0 aromatic rings. The minimum Gasteiger partial charge on any atom is -0.467 e. The van der Waals surface area contributed by atoms with Crippen molar-refractivity contribution in [1.29, 1.82) is 0 Å². The van der Waals surface area contributed by atoms with E-state index in [1.807, 2.05) is 0 Å². The average molecular weight is 161 g/mol. The first-order valence-electron chi connectivity index (χ1n) is 3.00. The van der Waals surface area contributed by atoms with E-state index in [-0.39, 0.29) is 0 Å². The van der Waals surface area contributed by atoms with E-state index in [9.17, 15) is 9.59 Å². The molecule has 0 aliphatic rings. The van der Waals surface area contributed by atoms with Crippen molar-refractivity contribution in [2.75, 3.05) is 21.3 Å². The molecule has 0 radical (unpaired) electrons. The molecule has 0 aliphatic carbocycles. The fourth-order valence-corrected chi connectivity index (χ4v) is 0.568. The van der Waals surface area contributed by atoms with Crippen LogP contribution in [0.1, 0.15) is 0 Å². The number of methoxy groups -OCH3 is 2. The number of carbonyl (C=O) groups is 2. The van der Waals surface area contributed by atoms with E-state index in [1.54, 1.807) is 0 Å². The lowest BCUT2D eigenvalue weighted by molar-refractivity contribution is -0.154. The highest BCUT2D eigenvalue weighted by Crippen LogP contribution is 1.89. The van der Waals surface area contributed by atoms with Crippen LogP contribution in [0.2, 0.25) is 0 Å². The zero-order chi connectivity index (χ0) is 8.85. The van der Waals surface area contributed by atoms with E-state index in [2.05, 4.69) is 14.8 Å². The lowest BCUT2D eigenvalue weighted by Gasteiger charge is -2.09. The van der Waals surface area contributed by atoms with Gasteiger partial charge in [0.15, 0.2) is 0 Å². The van der Waals surface area contributed by atoms with Gasteiger partial charge in [-0.1, -0.05) is 0 Å². The second-order valence-corrected chi connectivity index (χ2v) is 1.77. The van der Waals surface area contributed by atoms with Gasteiger partial charge in [-0.15, -0.1) is 0 Å². The molecule has 0 bridgehead atoms. The largest absolute Gasteiger partial charge is 0.467 e. The molecule has 5 heteroatoms. The number of hydrogen-bond acceptors (Lipinski definition) is 5. The van der Waals surface area contributed by atoms with Crippen molar-refractivity contribution in [3.8, 4) is 0 Å². The third kappa shape index (κ3) is 2.55. The van der Waals surface area contributed by atoms with E-state index in [0.717, 1.165) is 0 Å². The molecule has 0 aromatic carbocycles. The van der Waals surface area contributed by atoms with Crippen molar-refractivity contribution in [3.63, 3.8) is 0 Å². The van der Waals surface area contributed by atoms with Crippen molar-refractivity contribution in [3.05, 3.63) is 0 Å². The van der Waals surface area contributed by atoms with Gasteiger partial charge in [0.2, 0.25) is 6.04 Å². The highest BCUT2D eigenvalue weighted by Gasteiger charge is 2.25. The lowest BCUT2D eigenvalue weighted by atomic mass is 10.3. The Morgan fingerprint density at radius 1 is 1.18 bits per heavy atom. The number of nitrogens with one attached hydrogen (secondary N) is 1. The Morgan fingerprint density at radius 3 is 1.73 bits per heavy atom. The molecule has 0 heterocycles. The predicted octanol–water partition coefficient (Wildman–Crippen LogP) is -1.08. The molecule has 0 rings (SSSR count). The Bertz CT molecular complexity index is 141. The first kappa shape index (κ1) is 9.90. The number of likely N-dealkylation sites (N-methyl/N-ethyl adjacent to an activating group) is 1. The number of carbonyl (C=O) groups excluding carboxylic acids is 2. The van der Waals surface area contributed by atoms with Gasteiger partial charge >= 0.3 is 11.9 Å². The summed E-state index contributed by atoms with van der Waals surface area (Å²) in [6.45, 7) is 0. The molecule has 64 valence electrons. The fourth-order valence-electron chi connectivity index (χ4n) is 0.568. The minimum absolute atomic E-state index is 0.653. The second-order valence-electron chi connectivity index (χ2n) is 1.77. The zero-order valence-corrected chi connectivity index (χ0v) is 6.71. The summed E-state index contributed by atoms with van der Waals surface area (Å²) in [6.07, 6.45) is 0. The Balaban J connectivity index is 4.15. The van der Waals surface area contributed by atoms with E-state index < -0.39 is 18.0 Å². The fraction of sp³-hybridized carbons (Fsp3) is 0.667. The molecule has 0 unspecified atom stereocenters. The molecule has 0 saturated heterocycles. The maximum Gasteiger partial charge on any atom is 0.334 e. The molecular weight excluding hydrogens is 150 g/mol. The van der Waals surface area contributed by atoms with Crippen LogP contribution < -0.4 is 5.32 Å². The van der Waals surface area contributed by atoms with Gasteiger partial charge < -0.3 is 9.47 Å². The van der Waals surface area contributed by atoms with Gasteiger partial charge in [0, 0.05) is 0 Å². The normalized spacial score (nSPS) is 9.45. The first-order valence-corrected chi connectivity index (χ1v) is 3.00. The van der Waals surface area contributed by atoms with Gasteiger partial charge in [-0.05, 0) is 7.05 Å². The van der Waals surface area contributed by atoms with Crippen LogP contribution >= 0.6 is 0 Å². The van der Waals surface area contributed by atoms with E-state index in [0.29, 0.717) is 0 Å². The Labute approximate surface area is 64.7 Å². The Kier molecular flexibility index (Phi) is 4.21. The van der Waals surface area contributed by atoms with Gasteiger partial charge in [0.25, 0.3) is 0 Å². The summed E-state index contributed by atoms with van der Waals surface area (Å²) >= 11 is 0. The van der Waals surface area contributed by atoms with E-state index in [1.165, 1.54) is 21.3 Å². The molecule has 0 spiro atoms. The first-order chi connectivity index (χ1) is 5.17. The molecule has 0 aromatic heterocycles. The van der Waals surface area contributed by atoms with Crippen LogP contribution in [-0.2, 0) is 19.1 Å². The Morgan fingerprint density at radius 2 is 1.55 bits per heavy atom. The molecule has 0 fully saturated rings. The quantitative estimate of drug-likeness (QED) is 0.421. The molecule has 5 nitrogen and oxygen atoms in total. The van der Waals surface area contributed by atoms with Gasteiger partial charge in [-0.3, -0.25) is 5.32 Å². The van der Waals surface area contributed by atoms with Crippen LogP contribution in [0, 0.1) is 0 Å². The van der Waals surface area contributed by atoms with Crippen molar-refractivity contribution in [1.82, 2.24) is 5.32 Å². The van der Waals surface area contributed by atoms with Gasteiger partial charge in [-0.2, -0.15) is 0 Å². The van der Waals surface area contributed by atoms with Gasteiger partial charge in [0.1, 0.15) is 0 Å². The van der Waals surface area contributed by atoms with E-state index >= 15 is 0 Å². The van der Waals surface area contributed by atoms with Crippen LogP contribution in [0.5, 0.6) is 0 Å². The zero-order valence-electron chi connectivity index (χ0n) is 6.71. The van der Waals surface area contributed by atoms with Crippen molar-refractivity contribution in [2.45, 2.75) is 6.04 Å². The highest BCUT2D eigenvalue weighted by atomic mass is 16.5. The van der Waals surface area contributed by atoms with Crippen LogP contribution in [0.25, 0.3) is 0 Å². The van der Waals surface area contributed by atoms with E-state index in [4.69, 9.17) is 0 Å². The SMILES string of the molecule is CNC(C(=O)OC)C(=O)OC. The number of ether oxygens (including phenoxy) is 2. The molecule has 0 atom stereocenters. The second kappa shape index (κ2) is 4.68. The van der Waals surface area contributed by atoms with Crippen molar-refractivity contribution >= 4 is 11.9 Å². The summed E-state index contributed by atoms with van der Waals surface area (Å²) in [6, 6.07) is -1.02. The summed E-state index contributed by atoms with van der Waals surface area (Å²) in [4.78, 5) is 21.5. The molecule has 1 N–H and O–H groups in total. The molecule has 11 heavy (non-hydrogen) atoms. The Hall–Kier alpha value is -1.10. The van der Waals surface area contributed by atoms with Gasteiger partial charge in [0.05, 0.1) is 14.2 Å². The van der Waals surface area contributed by atoms with Crippen LogP contribution in [0.3, 0.4) is 0 Å². The molecule has 0 saturated carbocycles. The number of hydrogen-bond donors (Lipinski definition) is 1. The lowest BCUT2D eigenvalue weighted by Crippen LogP contribution is -2.42. The summed E-state index contributed by atoms with van der Waals surface area (Å²) in [5, 5.41) is 2.45. The monoisotopic (exact) mass is 161 g/mol. The topological polar surface area (TPSA) is 64.6 Å². The average Bonchev–Trinajstić information content (AvgIpc) is 2.05. The summed E-state index contributed by atoms with van der Waals surface area (Å²) in [5.41, 5.74) is 0. The van der Waals surface area contributed by atoms with Crippen molar-refractivity contribution < 1.29 is 19.1 Å². The summed E-state index contributed by atoms with van der Waals surface area (Å²) < 4.78 is 8.65. The third-order valence-corrected chi connectivity index (χ3v) is 1.16. The summed E-state index contributed by atoms with van der Waals surface area (Å²) in [7, 11) is 3.88. The predicted molar refractivity (Wildman–Crippen MR) is 36.9 cm³/mol. The third-order valence-electron chi connectivity index (χ3n) is 1.16. The highest BCUT2D eigenvalue weighted by molar-refractivity contribution is 5.99. The van der Waals surface area contributed by atoms with Crippen LogP contribution in [-0.4, -0.2) is 39.2 Å². The standard InChI is InChI=1S/C6H11NO4/c1-7-4(5(8)10-2)6(9)11-3/h4,7H,1-3H3. The molecule has 0 amide bonds.